The van der Waals surface area contributed by atoms with Gasteiger partial charge in [-0.2, -0.15) is 0 Å². The normalized spacial score (nSPS) is 14.1. The van der Waals surface area contributed by atoms with Crippen LogP contribution >= 0.6 is 0 Å². The van der Waals surface area contributed by atoms with Crippen molar-refractivity contribution in [2.75, 3.05) is 0 Å². The smallest absolute Gasteiger partial charge is 0.165 e. The van der Waals surface area contributed by atoms with E-state index in [1.54, 1.807) is 26.8 Å². The zero-order chi connectivity index (χ0) is 16.2. The van der Waals surface area contributed by atoms with Gasteiger partial charge in [0, 0.05) is 0 Å². The van der Waals surface area contributed by atoms with Crippen molar-refractivity contribution in [2.24, 2.45) is 0 Å². The standard InChI is InChI=1S/C19H22O2S/c1-19(2,3)22(20,21)18(17-12-8-5-9-13-17)15-14-16-10-6-4-7-11-16/h4-15,18H,1-3H3/b15-14+/t18-/m0/s1. The maximum Gasteiger partial charge on any atom is 0.165 e. The summed E-state index contributed by atoms with van der Waals surface area (Å²) in [5.74, 6) is 0. The lowest BCUT2D eigenvalue weighted by molar-refractivity contribution is 0.554. The molecular formula is C19H22O2S. The molecule has 2 aromatic rings. The average molecular weight is 314 g/mol. The highest BCUT2D eigenvalue weighted by atomic mass is 32.2. The molecule has 2 nitrogen and oxygen atoms in total. The molecule has 0 fully saturated rings. The molecule has 2 aromatic carbocycles. The first-order chi connectivity index (χ1) is 10.3. The van der Waals surface area contributed by atoms with Gasteiger partial charge in [-0.1, -0.05) is 72.8 Å². The molecule has 0 aliphatic rings. The fourth-order valence-corrected chi connectivity index (χ4v) is 3.74. The molecule has 0 bridgehead atoms. The van der Waals surface area contributed by atoms with Crippen molar-refractivity contribution in [2.45, 2.75) is 30.8 Å². The summed E-state index contributed by atoms with van der Waals surface area (Å²) in [6.45, 7) is 5.23. The first kappa shape index (κ1) is 16.5. The molecule has 0 unspecified atom stereocenters. The quantitative estimate of drug-likeness (QED) is 0.823. The number of rotatable bonds is 4. The third-order valence-electron chi connectivity index (χ3n) is 3.58. The molecule has 3 heteroatoms. The summed E-state index contributed by atoms with van der Waals surface area (Å²) < 4.78 is 25.0. The molecule has 22 heavy (non-hydrogen) atoms. The van der Waals surface area contributed by atoms with Crippen LogP contribution in [0.15, 0.2) is 66.7 Å². The van der Waals surface area contributed by atoms with Crippen LogP contribution in [0.3, 0.4) is 0 Å². The van der Waals surface area contributed by atoms with Crippen LogP contribution in [0.25, 0.3) is 6.08 Å². The van der Waals surface area contributed by atoms with Gasteiger partial charge in [0.2, 0.25) is 0 Å². The second-order valence-electron chi connectivity index (χ2n) is 6.26. The van der Waals surface area contributed by atoms with E-state index >= 15 is 0 Å². The fourth-order valence-electron chi connectivity index (χ4n) is 2.18. The van der Waals surface area contributed by atoms with Crippen LogP contribution in [0.2, 0.25) is 0 Å². The van der Waals surface area contributed by atoms with Crippen LogP contribution in [0.1, 0.15) is 37.1 Å². The van der Waals surface area contributed by atoms with Crippen LogP contribution in [0, 0.1) is 0 Å². The Bertz CT molecular complexity index is 724. The molecule has 0 radical (unpaired) electrons. The van der Waals surface area contributed by atoms with E-state index in [1.807, 2.05) is 66.7 Å². The molecule has 0 spiro atoms. The third kappa shape index (κ3) is 3.66. The number of hydrogen-bond donors (Lipinski definition) is 0. The van der Waals surface area contributed by atoms with Gasteiger partial charge in [-0.3, -0.25) is 0 Å². The van der Waals surface area contributed by atoms with Gasteiger partial charge in [0.1, 0.15) is 5.25 Å². The SMILES string of the molecule is CC(C)(C)S(=O)(=O)[C@@H](/C=C/c1ccccc1)c1ccccc1. The molecule has 2 rings (SSSR count). The predicted molar refractivity (Wildman–Crippen MR) is 93.3 cm³/mol. The van der Waals surface area contributed by atoms with Crippen molar-refractivity contribution in [1.82, 2.24) is 0 Å². The van der Waals surface area contributed by atoms with Crippen LogP contribution in [-0.4, -0.2) is 13.2 Å². The highest BCUT2D eigenvalue weighted by Crippen LogP contribution is 2.33. The second-order valence-corrected chi connectivity index (χ2v) is 9.08. The van der Waals surface area contributed by atoms with Crippen molar-refractivity contribution in [3.05, 3.63) is 77.9 Å². The summed E-state index contributed by atoms with van der Waals surface area (Å²) in [6, 6.07) is 19.1. The Morgan fingerprint density at radius 2 is 1.36 bits per heavy atom. The van der Waals surface area contributed by atoms with Gasteiger partial charge in [-0.25, -0.2) is 8.42 Å². The van der Waals surface area contributed by atoms with E-state index in [1.165, 1.54) is 0 Å². The summed E-state index contributed by atoms with van der Waals surface area (Å²) in [5.41, 5.74) is 1.79. The first-order valence-corrected chi connectivity index (χ1v) is 8.88. The van der Waals surface area contributed by atoms with Crippen LogP contribution in [0.4, 0.5) is 0 Å². The predicted octanol–water partition coefficient (Wildman–Crippen LogP) is 4.65. The number of sulfone groups is 1. The zero-order valence-electron chi connectivity index (χ0n) is 13.2. The zero-order valence-corrected chi connectivity index (χ0v) is 14.0. The van der Waals surface area contributed by atoms with Crippen molar-refractivity contribution < 1.29 is 8.42 Å². The maximum absolute atomic E-state index is 12.9. The van der Waals surface area contributed by atoms with Crippen LogP contribution in [-0.2, 0) is 9.84 Å². The van der Waals surface area contributed by atoms with Crippen molar-refractivity contribution in [3.63, 3.8) is 0 Å². The van der Waals surface area contributed by atoms with E-state index in [0.29, 0.717) is 0 Å². The van der Waals surface area contributed by atoms with E-state index in [2.05, 4.69) is 0 Å². The number of hydrogen-bond acceptors (Lipinski definition) is 2. The van der Waals surface area contributed by atoms with E-state index < -0.39 is 19.8 Å². The highest BCUT2D eigenvalue weighted by molar-refractivity contribution is 7.93. The lowest BCUT2D eigenvalue weighted by Gasteiger charge is -2.25. The largest absolute Gasteiger partial charge is 0.227 e. The Morgan fingerprint density at radius 1 is 0.864 bits per heavy atom. The lowest BCUT2D eigenvalue weighted by Crippen LogP contribution is -2.32. The monoisotopic (exact) mass is 314 g/mol. The molecular weight excluding hydrogens is 292 g/mol. The molecule has 0 saturated carbocycles. The Balaban J connectivity index is 2.46. The van der Waals surface area contributed by atoms with Gasteiger partial charge in [-0.05, 0) is 31.9 Å². The van der Waals surface area contributed by atoms with Crippen LogP contribution < -0.4 is 0 Å². The maximum atomic E-state index is 12.9. The van der Waals surface area contributed by atoms with E-state index in [9.17, 15) is 8.42 Å². The second kappa shape index (κ2) is 6.49. The molecule has 0 saturated heterocycles. The lowest BCUT2D eigenvalue weighted by atomic mass is 10.1. The fraction of sp³-hybridized carbons (Fsp3) is 0.263. The van der Waals surface area contributed by atoms with Gasteiger partial charge in [0.15, 0.2) is 9.84 Å². The van der Waals surface area contributed by atoms with E-state index in [0.717, 1.165) is 11.1 Å². The minimum absolute atomic E-state index is 0.645. The van der Waals surface area contributed by atoms with Crippen LogP contribution in [0.5, 0.6) is 0 Å². The molecule has 0 heterocycles. The highest BCUT2D eigenvalue weighted by Gasteiger charge is 2.36. The Labute approximate surface area is 133 Å². The topological polar surface area (TPSA) is 34.1 Å². The van der Waals surface area contributed by atoms with Gasteiger partial charge < -0.3 is 0 Å². The minimum atomic E-state index is -3.35. The van der Waals surface area contributed by atoms with E-state index in [4.69, 9.17) is 0 Å². The summed E-state index contributed by atoms with van der Waals surface area (Å²) in [6.07, 6.45) is 3.66. The molecule has 116 valence electrons. The van der Waals surface area contributed by atoms with Gasteiger partial charge >= 0.3 is 0 Å². The third-order valence-corrected chi connectivity index (χ3v) is 6.38. The molecule has 0 N–H and O–H groups in total. The Hall–Kier alpha value is -1.87. The van der Waals surface area contributed by atoms with E-state index in [-0.39, 0.29) is 0 Å². The summed E-state index contributed by atoms with van der Waals surface area (Å²) >= 11 is 0. The summed E-state index contributed by atoms with van der Waals surface area (Å²) in [7, 11) is -3.35. The van der Waals surface area contributed by atoms with Crippen molar-refractivity contribution in [1.29, 1.82) is 0 Å². The molecule has 0 aliphatic carbocycles. The minimum Gasteiger partial charge on any atom is -0.227 e. The Kier molecular flexibility index (Phi) is 4.87. The first-order valence-electron chi connectivity index (χ1n) is 7.34. The molecule has 0 aromatic heterocycles. The molecule has 0 aliphatic heterocycles. The molecule has 0 amide bonds. The van der Waals surface area contributed by atoms with Gasteiger partial charge in [0.25, 0.3) is 0 Å². The van der Waals surface area contributed by atoms with Crippen molar-refractivity contribution in [3.8, 4) is 0 Å². The Morgan fingerprint density at radius 3 is 1.86 bits per heavy atom. The van der Waals surface area contributed by atoms with Gasteiger partial charge in [-0.15, -0.1) is 0 Å². The van der Waals surface area contributed by atoms with Crippen molar-refractivity contribution >= 4 is 15.9 Å². The molecule has 1 atom stereocenters. The average Bonchev–Trinajstić information content (AvgIpc) is 2.48. The number of benzene rings is 2. The summed E-state index contributed by atoms with van der Waals surface area (Å²) in [5, 5.41) is -0.645. The van der Waals surface area contributed by atoms with Gasteiger partial charge in [0.05, 0.1) is 4.75 Å². The summed E-state index contributed by atoms with van der Waals surface area (Å²) in [4.78, 5) is 0.